The lowest BCUT2D eigenvalue weighted by molar-refractivity contribution is 0.103. The van der Waals surface area contributed by atoms with Crippen LogP contribution in [0.5, 0.6) is 5.75 Å². The summed E-state index contributed by atoms with van der Waals surface area (Å²) in [4.78, 5) is 0. The van der Waals surface area contributed by atoms with E-state index in [4.69, 9.17) is 11.2 Å². The van der Waals surface area contributed by atoms with Crippen LogP contribution in [0.15, 0.2) is 18.2 Å². The molecule has 0 bridgehead atoms. The molecule has 1 rings (SSSR count). The molecule has 3 nitrogen and oxygen atoms in total. The number of aliphatic hydroxyl groups is 1. The van der Waals surface area contributed by atoms with E-state index in [0.29, 0.717) is 13.0 Å². The molecule has 0 aliphatic rings. The van der Waals surface area contributed by atoms with Gasteiger partial charge in [0.2, 0.25) is 0 Å². The van der Waals surface area contributed by atoms with Crippen LogP contribution in [-0.4, -0.2) is 30.4 Å². The number of terminal acetylenes is 1. The van der Waals surface area contributed by atoms with E-state index >= 15 is 0 Å². The minimum atomic E-state index is -0.539. The van der Waals surface area contributed by atoms with E-state index in [1.54, 1.807) is 0 Å². The molecule has 2 atom stereocenters. The van der Waals surface area contributed by atoms with Crippen molar-refractivity contribution in [3.05, 3.63) is 29.3 Å². The Balaban J connectivity index is 2.36. The first-order valence-electron chi connectivity index (χ1n) is 7.11. The van der Waals surface area contributed by atoms with E-state index in [9.17, 15) is 5.11 Å². The lowest BCUT2D eigenvalue weighted by Gasteiger charge is -2.18. The van der Waals surface area contributed by atoms with Gasteiger partial charge in [-0.25, -0.2) is 0 Å². The molecule has 0 saturated heterocycles. The maximum atomic E-state index is 9.93. The van der Waals surface area contributed by atoms with Crippen molar-refractivity contribution in [1.29, 1.82) is 0 Å². The Morgan fingerprint density at radius 1 is 1.40 bits per heavy atom. The maximum absolute atomic E-state index is 9.93. The van der Waals surface area contributed by atoms with E-state index in [1.807, 2.05) is 26.0 Å². The number of rotatable bonds is 8. The van der Waals surface area contributed by atoms with Gasteiger partial charge in [0.05, 0.1) is 0 Å². The second-order valence-corrected chi connectivity index (χ2v) is 5.16. The molecule has 1 aromatic carbocycles. The molecule has 0 aromatic heterocycles. The number of ether oxygens (including phenoxy) is 1. The van der Waals surface area contributed by atoms with Gasteiger partial charge in [0.15, 0.2) is 0 Å². The highest BCUT2D eigenvalue weighted by molar-refractivity contribution is 5.35. The average Bonchev–Trinajstić information content (AvgIpc) is 2.42. The fourth-order valence-electron chi connectivity index (χ4n) is 2.01. The molecule has 0 aliphatic heterocycles. The van der Waals surface area contributed by atoms with Crippen molar-refractivity contribution in [1.82, 2.24) is 5.32 Å². The number of aryl methyl sites for hydroxylation is 2. The summed E-state index contributed by atoms with van der Waals surface area (Å²) in [5, 5.41) is 13.2. The molecule has 3 heteroatoms. The molecule has 2 N–H and O–H groups in total. The summed E-state index contributed by atoms with van der Waals surface area (Å²) in [6.07, 6.45) is 6.39. The molecule has 0 fully saturated rings. The number of nitrogens with one attached hydrogen (secondary N) is 1. The Hall–Kier alpha value is -1.50. The molecule has 0 aliphatic carbocycles. The standard InChI is InChI=1S/C17H25NO2/c1-5-7-15(6-2)18-11-16(19)12-20-17-9-8-13(3)10-14(17)4/h1,8-10,15-16,18-19H,6-7,11-12H2,2-4H3. The van der Waals surface area contributed by atoms with Crippen molar-refractivity contribution in [3.8, 4) is 18.1 Å². The summed E-state index contributed by atoms with van der Waals surface area (Å²) in [6.45, 7) is 6.90. The second kappa shape index (κ2) is 8.63. The minimum absolute atomic E-state index is 0.260. The van der Waals surface area contributed by atoms with Crippen LogP contribution in [0.3, 0.4) is 0 Å². The van der Waals surface area contributed by atoms with Gasteiger partial charge in [-0.15, -0.1) is 12.3 Å². The van der Waals surface area contributed by atoms with Crippen LogP contribution in [-0.2, 0) is 0 Å². The summed E-state index contributed by atoms with van der Waals surface area (Å²) in [6, 6.07) is 6.28. The van der Waals surface area contributed by atoms with Crippen LogP contribution in [0, 0.1) is 26.2 Å². The molecule has 0 radical (unpaired) electrons. The molecule has 0 spiro atoms. The Kier molecular flexibility index (Phi) is 7.14. The van der Waals surface area contributed by atoms with Crippen molar-refractivity contribution in [2.24, 2.45) is 0 Å². The molecule has 0 saturated carbocycles. The number of hydrogen-bond acceptors (Lipinski definition) is 3. The summed E-state index contributed by atoms with van der Waals surface area (Å²) in [5.41, 5.74) is 2.29. The highest BCUT2D eigenvalue weighted by atomic mass is 16.5. The van der Waals surface area contributed by atoms with E-state index in [-0.39, 0.29) is 12.6 Å². The van der Waals surface area contributed by atoms with Gasteiger partial charge in [-0.2, -0.15) is 0 Å². The van der Waals surface area contributed by atoms with Crippen molar-refractivity contribution >= 4 is 0 Å². The van der Waals surface area contributed by atoms with Gasteiger partial charge in [0.1, 0.15) is 18.5 Å². The topological polar surface area (TPSA) is 41.5 Å². The first-order chi connectivity index (χ1) is 9.56. The predicted molar refractivity (Wildman–Crippen MR) is 82.9 cm³/mol. The molecule has 0 amide bonds. The van der Waals surface area contributed by atoms with E-state index < -0.39 is 6.10 Å². The molecule has 20 heavy (non-hydrogen) atoms. The molecule has 1 aromatic rings. The lowest BCUT2D eigenvalue weighted by Crippen LogP contribution is -2.37. The zero-order valence-corrected chi connectivity index (χ0v) is 12.6. The van der Waals surface area contributed by atoms with Crippen LogP contribution in [0.4, 0.5) is 0 Å². The number of aliphatic hydroxyl groups excluding tert-OH is 1. The first-order valence-corrected chi connectivity index (χ1v) is 7.11. The Morgan fingerprint density at radius 2 is 2.15 bits per heavy atom. The third kappa shape index (κ3) is 5.64. The van der Waals surface area contributed by atoms with Gasteiger partial charge in [-0.05, 0) is 31.9 Å². The quantitative estimate of drug-likeness (QED) is 0.716. The summed E-state index contributed by atoms with van der Waals surface area (Å²) < 4.78 is 5.65. The smallest absolute Gasteiger partial charge is 0.122 e. The lowest BCUT2D eigenvalue weighted by atomic mass is 10.1. The largest absolute Gasteiger partial charge is 0.491 e. The van der Waals surface area contributed by atoms with Gasteiger partial charge in [-0.1, -0.05) is 24.6 Å². The summed E-state index contributed by atoms with van der Waals surface area (Å²) in [7, 11) is 0. The fourth-order valence-corrected chi connectivity index (χ4v) is 2.01. The molecular weight excluding hydrogens is 250 g/mol. The third-order valence-electron chi connectivity index (χ3n) is 3.26. The zero-order chi connectivity index (χ0) is 15.0. The van der Waals surface area contributed by atoms with Crippen LogP contribution in [0.2, 0.25) is 0 Å². The van der Waals surface area contributed by atoms with Gasteiger partial charge < -0.3 is 15.2 Å². The van der Waals surface area contributed by atoms with Crippen LogP contribution < -0.4 is 10.1 Å². The van der Waals surface area contributed by atoms with E-state index in [0.717, 1.165) is 17.7 Å². The third-order valence-corrected chi connectivity index (χ3v) is 3.26. The molecule has 0 heterocycles. The highest BCUT2D eigenvalue weighted by Crippen LogP contribution is 2.18. The second-order valence-electron chi connectivity index (χ2n) is 5.16. The Labute approximate surface area is 122 Å². The summed E-state index contributed by atoms with van der Waals surface area (Å²) >= 11 is 0. The normalized spacial score (nSPS) is 13.6. The van der Waals surface area contributed by atoms with Crippen molar-refractivity contribution < 1.29 is 9.84 Å². The monoisotopic (exact) mass is 275 g/mol. The molecule has 110 valence electrons. The van der Waals surface area contributed by atoms with Crippen molar-refractivity contribution in [3.63, 3.8) is 0 Å². The number of hydrogen-bond donors (Lipinski definition) is 2. The highest BCUT2D eigenvalue weighted by Gasteiger charge is 2.10. The number of benzene rings is 1. The molecular formula is C17H25NO2. The molecule has 2 unspecified atom stereocenters. The predicted octanol–water partition coefficient (Wildman–Crippen LogP) is 2.43. The van der Waals surface area contributed by atoms with Crippen molar-refractivity contribution in [2.75, 3.05) is 13.2 Å². The SMILES string of the molecule is C#CCC(CC)NCC(O)COc1ccc(C)cc1C. The van der Waals surface area contributed by atoms with Gasteiger partial charge in [0, 0.05) is 19.0 Å². The van der Waals surface area contributed by atoms with Crippen LogP contribution >= 0.6 is 0 Å². The fraction of sp³-hybridized carbons (Fsp3) is 0.529. The maximum Gasteiger partial charge on any atom is 0.122 e. The summed E-state index contributed by atoms with van der Waals surface area (Å²) in [5.74, 6) is 3.46. The van der Waals surface area contributed by atoms with Crippen LogP contribution in [0.1, 0.15) is 30.9 Å². The minimum Gasteiger partial charge on any atom is -0.491 e. The Morgan fingerprint density at radius 3 is 2.75 bits per heavy atom. The average molecular weight is 275 g/mol. The van der Waals surface area contributed by atoms with Crippen LogP contribution in [0.25, 0.3) is 0 Å². The van der Waals surface area contributed by atoms with E-state index in [1.165, 1.54) is 5.56 Å². The van der Waals surface area contributed by atoms with Crippen molar-refractivity contribution in [2.45, 2.75) is 45.8 Å². The van der Waals surface area contributed by atoms with Gasteiger partial charge in [-0.3, -0.25) is 0 Å². The first kappa shape index (κ1) is 16.6. The van der Waals surface area contributed by atoms with Gasteiger partial charge in [0.25, 0.3) is 0 Å². The van der Waals surface area contributed by atoms with E-state index in [2.05, 4.69) is 24.2 Å². The zero-order valence-electron chi connectivity index (χ0n) is 12.6. The van der Waals surface area contributed by atoms with Gasteiger partial charge >= 0.3 is 0 Å². The Bertz CT molecular complexity index is 451.